The molecule has 0 aliphatic rings. The van der Waals surface area contributed by atoms with E-state index in [2.05, 4.69) is 37.2 Å². The molecule has 0 bridgehead atoms. The van der Waals surface area contributed by atoms with Crippen LogP contribution >= 0.6 is 31.9 Å². The van der Waals surface area contributed by atoms with Crippen molar-refractivity contribution in [1.29, 1.82) is 0 Å². The number of non-ortho nitro benzene ring substituents is 1. The zero-order chi connectivity index (χ0) is 17.3. The third-order valence-corrected chi connectivity index (χ3v) is 4.95. The number of fused-ring (bicyclic) bond motifs is 1. The van der Waals surface area contributed by atoms with Gasteiger partial charge in [-0.15, -0.1) is 0 Å². The van der Waals surface area contributed by atoms with E-state index >= 15 is 0 Å². The normalized spacial score (nSPS) is 12.1. The molecule has 0 saturated heterocycles. The summed E-state index contributed by atoms with van der Waals surface area (Å²) in [6.07, 6.45) is -0.467. The van der Waals surface area contributed by atoms with E-state index in [1.165, 1.54) is 12.1 Å². The van der Waals surface area contributed by atoms with Crippen LogP contribution in [0.5, 0.6) is 0 Å². The number of anilines is 1. The van der Waals surface area contributed by atoms with Crippen molar-refractivity contribution in [3.8, 4) is 0 Å². The third kappa shape index (κ3) is 3.28. The topological polar surface area (TPSA) is 81.2 Å². The Morgan fingerprint density at radius 1 is 1.04 bits per heavy atom. The molecule has 0 aliphatic carbocycles. The molecule has 0 saturated carbocycles. The van der Waals surface area contributed by atoms with E-state index in [1.807, 2.05) is 42.5 Å². The third-order valence-electron chi connectivity index (χ3n) is 3.70. The molecule has 24 heavy (non-hydrogen) atoms. The van der Waals surface area contributed by atoms with Crippen molar-refractivity contribution in [2.75, 3.05) is 5.32 Å². The molecule has 0 aromatic heterocycles. The lowest BCUT2D eigenvalue weighted by atomic mass is 10.0. The van der Waals surface area contributed by atoms with Crippen molar-refractivity contribution in [2.24, 2.45) is 5.73 Å². The van der Waals surface area contributed by atoms with Crippen LogP contribution in [-0.4, -0.2) is 4.92 Å². The van der Waals surface area contributed by atoms with E-state index in [9.17, 15) is 10.1 Å². The number of halogens is 2. The van der Waals surface area contributed by atoms with Gasteiger partial charge in [-0.05, 0) is 48.2 Å². The second-order valence-corrected chi connectivity index (χ2v) is 6.94. The highest BCUT2D eigenvalue weighted by Gasteiger charge is 2.17. The molecular weight excluding hydrogens is 438 g/mol. The van der Waals surface area contributed by atoms with Gasteiger partial charge >= 0.3 is 0 Å². The van der Waals surface area contributed by atoms with Gasteiger partial charge in [0.25, 0.3) is 5.69 Å². The Bertz CT molecular complexity index is 902. The van der Waals surface area contributed by atoms with Crippen LogP contribution in [0.4, 0.5) is 11.4 Å². The average molecular weight is 451 g/mol. The standard InChI is InChI=1S/C17H13Br2N3O2/c18-14-8-11(22(23)24)9-15(19)16(14)21-17(20)13-7-3-5-10-4-1-2-6-12(10)13/h1-9,17,21H,20H2. The van der Waals surface area contributed by atoms with Gasteiger partial charge < -0.3 is 11.1 Å². The molecule has 1 unspecified atom stereocenters. The van der Waals surface area contributed by atoms with E-state index in [0.29, 0.717) is 14.6 Å². The summed E-state index contributed by atoms with van der Waals surface area (Å²) in [5.41, 5.74) is 7.96. The van der Waals surface area contributed by atoms with Gasteiger partial charge in [-0.1, -0.05) is 42.5 Å². The van der Waals surface area contributed by atoms with Gasteiger partial charge in [0.05, 0.1) is 10.6 Å². The quantitative estimate of drug-likeness (QED) is 0.319. The minimum Gasteiger partial charge on any atom is -0.364 e. The Morgan fingerprint density at radius 2 is 1.67 bits per heavy atom. The number of hydrogen-bond donors (Lipinski definition) is 2. The predicted octanol–water partition coefficient (Wildman–Crippen LogP) is 5.34. The molecule has 5 nitrogen and oxygen atoms in total. The molecule has 122 valence electrons. The summed E-state index contributed by atoms with van der Waals surface area (Å²) in [6.45, 7) is 0. The number of nitro groups is 1. The number of nitrogens with two attached hydrogens (primary N) is 1. The Morgan fingerprint density at radius 3 is 2.33 bits per heavy atom. The van der Waals surface area contributed by atoms with Crippen molar-refractivity contribution >= 4 is 54.0 Å². The van der Waals surface area contributed by atoms with Crippen molar-refractivity contribution in [2.45, 2.75) is 6.17 Å². The minimum atomic E-state index is -0.467. The lowest BCUT2D eigenvalue weighted by Crippen LogP contribution is -2.20. The first-order valence-electron chi connectivity index (χ1n) is 7.10. The van der Waals surface area contributed by atoms with Gasteiger partial charge in [-0.3, -0.25) is 10.1 Å². The largest absolute Gasteiger partial charge is 0.364 e. The van der Waals surface area contributed by atoms with E-state index in [-0.39, 0.29) is 5.69 Å². The minimum absolute atomic E-state index is 0.00182. The molecular formula is C17H13Br2N3O2. The smallest absolute Gasteiger partial charge is 0.271 e. The number of benzene rings is 3. The number of hydrogen-bond acceptors (Lipinski definition) is 4. The van der Waals surface area contributed by atoms with Crippen molar-refractivity contribution in [3.63, 3.8) is 0 Å². The first kappa shape index (κ1) is 16.9. The molecule has 3 N–H and O–H groups in total. The zero-order valence-corrected chi connectivity index (χ0v) is 15.5. The maximum Gasteiger partial charge on any atom is 0.271 e. The maximum atomic E-state index is 10.9. The molecule has 0 heterocycles. The van der Waals surface area contributed by atoms with Crippen molar-refractivity contribution < 1.29 is 4.92 Å². The van der Waals surface area contributed by atoms with Gasteiger partial charge in [0.2, 0.25) is 0 Å². The fourth-order valence-electron chi connectivity index (χ4n) is 2.56. The van der Waals surface area contributed by atoms with Crippen molar-refractivity contribution in [1.82, 2.24) is 0 Å². The molecule has 0 aliphatic heterocycles. The van der Waals surface area contributed by atoms with Crippen LogP contribution in [0.3, 0.4) is 0 Å². The summed E-state index contributed by atoms with van der Waals surface area (Å²) in [5, 5.41) is 16.3. The van der Waals surface area contributed by atoms with Gasteiger partial charge in [-0.25, -0.2) is 0 Å². The Labute approximate surface area is 155 Å². The van der Waals surface area contributed by atoms with Crippen LogP contribution in [-0.2, 0) is 0 Å². The second kappa shape index (κ2) is 6.88. The summed E-state index contributed by atoms with van der Waals surface area (Å²) in [6, 6.07) is 16.8. The van der Waals surface area contributed by atoms with E-state index < -0.39 is 11.1 Å². The fraction of sp³-hybridized carbons (Fsp3) is 0.0588. The molecule has 7 heteroatoms. The highest BCUT2D eigenvalue weighted by molar-refractivity contribution is 9.11. The summed E-state index contributed by atoms with van der Waals surface area (Å²) in [5.74, 6) is 0. The molecule has 3 aromatic rings. The van der Waals surface area contributed by atoms with E-state index in [0.717, 1.165) is 16.3 Å². The highest BCUT2D eigenvalue weighted by Crippen LogP contribution is 2.37. The molecule has 1 atom stereocenters. The van der Waals surface area contributed by atoms with Gasteiger partial charge in [0, 0.05) is 21.1 Å². The van der Waals surface area contributed by atoms with Gasteiger partial charge in [-0.2, -0.15) is 0 Å². The van der Waals surface area contributed by atoms with Gasteiger partial charge in [0.15, 0.2) is 0 Å². The Balaban J connectivity index is 1.98. The molecule has 3 aromatic carbocycles. The van der Waals surface area contributed by atoms with Crippen LogP contribution in [0.2, 0.25) is 0 Å². The first-order chi connectivity index (χ1) is 11.5. The first-order valence-corrected chi connectivity index (χ1v) is 8.69. The number of nitrogens with zero attached hydrogens (tertiary/aromatic N) is 1. The summed E-state index contributed by atoms with van der Waals surface area (Å²) in [4.78, 5) is 10.5. The van der Waals surface area contributed by atoms with Crippen LogP contribution in [0.25, 0.3) is 10.8 Å². The van der Waals surface area contributed by atoms with Gasteiger partial charge in [0.1, 0.15) is 6.17 Å². The average Bonchev–Trinajstić information content (AvgIpc) is 2.57. The van der Waals surface area contributed by atoms with Crippen LogP contribution in [0.1, 0.15) is 11.7 Å². The number of nitro benzene ring substituents is 1. The lowest BCUT2D eigenvalue weighted by Gasteiger charge is -2.19. The SMILES string of the molecule is NC(Nc1c(Br)cc([N+](=O)[O-])cc1Br)c1cccc2ccccc12. The van der Waals surface area contributed by atoms with E-state index in [1.54, 1.807) is 0 Å². The van der Waals surface area contributed by atoms with Crippen LogP contribution in [0.15, 0.2) is 63.5 Å². The fourth-order valence-corrected chi connectivity index (χ4v) is 3.95. The maximum absolute atomic E-state index is 10.9. The van der Waals surface area contributed by atoms with Crippen molar-refractivity contribution in [3.05, 3.63) is 79.2 Å². The molecule has 0 radical (unpaired) electrons. The zero-order valence-electron chi connectivity index (χ0n) is 12.4. The number of rotatable bonds is 4. The lowest BCUT2D eigenvalue weighted by molar-refractivity contribution is -0.385. The Kier molecular flexibility index (Phi) is 4.84. The summed E-state index contributed by atoms with van der Waals surface area (Å²) < 4.78 is 1.14. The summed E-state index contributed by atoms with van der Waals surface area (Å²) in [7, 11) is 0. The number of nitrogens with one attached hydrogen (secondary N) is 1. The summed E-state index contributed by atoms with van der Waals surface area (Å²) >= 11 is 6.73. The highest BCUT2D eigenvalue weighted by atomic mass is 79.9. The Hall–Kier alpha value is -1.96. The molecule has 0 amide bonds. The monoisotopic (exact) mass is 449 g/mol. The van der Waals surface area contributed by atoms with Crippen LogP contribution in [0, 0.1) is 10.1 Å². The molecule has 0 fully saturated rings. The molecule has 3 rings (SSSR count). The second-order valence-electron chi connectivity index (χ2n) is 5.23. The van der Waals surface area contributed by atoms with Crippen LogP contribution < -0.4 is 11.1 Å². The van der Waals surface area contributed by atoms with E-state index in [4.69, 9.17) is 5.73 Å². The predicted molar refractivity (Wildman–Crippen MR) is 103 cm³/mol. The molecule has 0 spiro atoms.